The van der Waals surface area contributed by atoms with Crippen LogP contribution in [-0.2, 0) is 22.4 Å². The van der Waals surface area contributed by atoms with Gasteiger partial charge in [-0.05, 0) is 21.9 Å². The van der Waals surface area contributed by atoms with Gasteiger partial charge in [-0.25, -0.2) is 4.79 Å². The van der Waals surface area contributed by atoms with Crippen molar-refractivity contribution in [3.8, 4) is 0 Å². The van der Waals surface area contributed by atoms with Gasteiger partial charge in [-0.2, -0.15) is 0 Å². The number of nitrogens with one attached hydrogen (secondary N) is 1. The number of carboxylic acid groups (broad SMARTS) is 1. The van der Waals surface area contributed by atoms with Crippen LogP contribution in [0.15, 0.2) is 72.8 Å². The van der Waals surface area contributed by atoms with E-state index in [1.165, 1.54) is 0 Å². The highest BCUT2D eigenvalue weighted by atomic mass is 16.4. The molecule has 3 aromatic rings. The number of carbonyl (C=O) groups is 2. The molecule has 4 heteroatoms. The Balaban J connectivity index is 1.75. The van der Waals surface area contributed by atoms with Gasteiger partial charge in [0, 0.05) is 6.42 Å². The third kappa shape index (κ3) is 4.23. The molecular formula is C21H19NO3. The van der Waals surface area contributed by atoms with Crippen LogP contribution in [0.4, 0.5) is 0 Å². The molecule has 0 aliphatic rings. The first-order valence-electron chi connectivity index (χ1n) is 8.16. The Hall–Kier alpha value is -3.14. The molecule has 2 N–H and O–H groups in total. The highest BCUT2D eigenvalue weighted by Crippen LogP contribution is 2.20. The zero-order valence-electron chi connectivity index (χ0n) is 13.7. The van der Waals surface area contributed by atoms with Crippen LogP contribution < -0.4 is 5.32 Å². The second kappa shape index (κ2) is 7.62. The van der Waals surface area contributed by atoms with Crippen LogP contribution >= 0.6 is 0 Å². The molecule has 0 heterocycles. The van der Waals surface area contributed by atoms with Gasteiger partial charge >= 0.3 is 5.97 Å². The fourth-order valence-corrected chi connectivity index (χ4v) is 2.92. The minimum atomic E-state index is -1.03. The Morgan fingerprint density at radius 3 is 2.32 bits per heavy atom. The van der Waals surface area contributed by atoms with E-state index in [4.69, 9.17) is 0 Å². The fraction of sp³-hybridized carbons (Fsp3) is 0.143. The third-order valence-corrected chi connectivity index (χ3v) is 4.14. The molecular weight excluding hydrogens is 314 g/mol. The highest BCUT2D eigenvalue weighted by molar-refractivity contribution is 5.88. The minimum Gasteiger partial charge on any atom is -0.480 e. The van der Waals surface area contributed by atoms with E-state index in [0.717, 1.165) is 21.9 Å². The Bertz CT molecular complexity index is 885. The lowest BCUT2D eigenvalue weighted by Crippen LogP contribution is -2.43. The summed E-state index contributed by atoms with van der Waals surface area (Å²) in [6.45, 7) is 0. The summed E-state index contributed by atoms with van der Waals surface area (Å²) in [6.07, 6.45) is 0.414. The van der Waals surface area contributed by atoms with Crippen molar-refractivity contribution < 1.29 is 14.7 Å². The lowest BCUT2D eigenvalue weighted by molar-refractivity contribution is -0.141. The van der Waals surface area contributed by atoms with E-state index >= 15 is 0 Å². The van der Waals surface area contributed by atoms with E-state index in [-0.39, 0.29) is 18.7 Å². The second-order valence-electron chi connectivity index (χ2n) is 5.96. The maximum Gasteiger partial charge on any atom is 0.326 e. The SMILES string of the molecule is O=C(Cc1ccccc1)N[C@@H](Cc1cccc2ccccc12)C(=O)O. The van der Waals surface area contributed by atoms with E-state index in [2.05, 4.69) is 5.32 Å². The monoisotopic (exact) mass is 333 g/mol. The molecule has 0 aliphatic heterocycles. The summed E-state index contributed by atoms with van der Waals surface area (Å²) in [7, 11) is 0. The molecule has 4 nitrogen and oxygen atoms in total. The quantitative estimate of drug-likeness (QED) is 0.728. The van der Waals surface area contributed by atoms with Gasteiger partial charge in [0.25, 0.3) is 0 Å². The number of amides is 1. The summed E-state index contributed by atoms with van der Waals surface area (Å²) in [4.78, 5) is 23.8. The molecule has 0 saturated heterocycles. The Kier molecular flexibility index (Phi) is 5.09. The van der Waals surface area contributed by atoms with Crippen molar-refractivity contribution >= 4 is 22.6 Å². The lowest BCUT2D eigenvalue weighted by atomic mass is 9.98. The fourth-order valence-electron chi connectivity index (χ4n) is 2.92. The van der Waals surface area contributed by atoms with Crippen LogP contribution in [0.3, 0.4) is 0 Å². The summed E-state index contributed by atoms with van der Waals surface area (Å²) in [5.74, 6) is -1.33. The molecule has 0 spiro atoms. The smallest absolute Gasteiger partial charge is 0.326 e. The van der Waals surface area contributed by atoms with Crippen LogP contribution in [0.25, 0.3) is 10.8 Å². The number of benzene rings is 3. The first kappa shape index (κ1) is 16.7. The summed E-state index contributed by atoms with van der Waals surface area (Å²) in [5.41, 5.74) is 1.76. The van der Waals surface area contributed by atoms with E-state index in [0.29, 0.717) is 0 Å². The molecule has 25 heavy (non-hydrogen) atoms. The van der Waals surface area contributed by atoms with Gasteiger partial charge in [0.15, 0.2) is 0 Å². The predicted molar refractivity (Wildman–Crippen MR) is 97.4 cm³/mol. The average molecular weight is 333 g/mol. The van der Waals surface area contributed by atoms with Crippen LogP contribution in [0, 0.1) is 0 Å². The Morgan fingerprint density at radius 1 is 0.880 bits per heavy atom. The number of hydrogen-bond donors (Lipinski definition) is 2. The van der Waals surface area contributed by atoms with Crippen molar-refractivity contribution in [3.05, 3.63) is 83.9 Å². The number of aliphatic carboxylic acids is 1. The Morgan fingerprint density at radius 2 is 1.56 bits per heavy atom. The van der Waals surface area contributed by atoms with E-state index in [9.17, 15) is 14.7 Å². The second-order valence-corrected chi connectivity index (χ2v) is 5.96. The van der Waals surface area contributed by atoms with Crippen LogP contribution in [0.2, 0.25) is 0 Å². The standard InChI is InChI=1S/C21H19NO3/c23-20(13-15-7-2-1-3-8-15)22-19(21(24)25)14-17-11-6-10-16-9-4-5-12-18(16)17/h1-12,19H,13-14H2,(H,22,23)(H,24,25)/t19-/m0/s1. The zero-order valence-corrected chi connectivity index (χ0v) is 13.7. The number of fused-ring (bicyclic) bond motifs is 1. The number of carbonyl (C=O) groups excluding carboxylic acids is 1. The third-order valence-electron chi connectivity index (χ3n) is 4.14. The van der Waals surface area contributed by atoms with Crippen molar-refractivity contribution in [3.63, 3.8) is 0 Å². The Labute approximate surface area is 146 Å². The maximum atomic E-state index is 12.2. The largest absolute Gasteiger partial charge is 0.480 e. The molecule has 1 amide bonds. The predicted octanol–water partition coefficient (Wildman–Crippen LogP) is 3.19. The van der Waals surface area contributed by atoms with Crippen molar-refractivity contribution in [2.24, 2.45) is 0 Å². The topological polar surface area (TPSA) is 66.4 Å². The molecule has 3 aromatic carbocycles. The molecule has 0 aliphatic carbocycles. The molecule has 126 valence electrons. The van der Waals surface area contributed by atoms with Crippen molar-refractivity contribution in [2.75, 3.05) is 0 Å². The molecule has 1 atom stereocenters. The lowest BCUT2D eigenvalue weighted by Gasteiger charge is -2.16. The molecule has 0 aromatic heterocycles. The van der Waals surface area contributed by atoms with Crippen LogP contribution in [0.1, 0.15) is 11.1 Å². The zero-order chi connectivity index (χ0) is 17.6. The van der Waals surface area contributed by atoms with E-state index in [1.54, 1.807) is 0 Å². The minimum absolute atomic E-state index is 0.167. The van der Waals surface area contributed by atoms with E-state index in [1.807, 2.05) is 72.8 Å². The van der Waals surface area contributed by atoms with E-state index < -0.39 is 12.0 Å². The van der Waals surface area contributed by atoms with Gasteiger partial charge in [-0.1, -0.05) is 72.8 Å². The van der Waals surface area contributed by atoms with Crippen LogP contribution in [-0.4, -0.2) is 23.0 Å². The van der Waals surface area contributed by atoms with Gasteiger partial charge in [0.1, 0.15) is 6.04 Å². The van der Waals surface area contributed by atoms with Crippen molar-refractivity contribution in [1.82, 2.24) is 5.32 Å². The average Bonchev–Trinajstić information content (AvgIpc) is 2.62. The first-order chi connectivity index (χ1) is 12.1. The summed E-state index contributed by atoms with van der Waals surface area (Å²) in [5, 5.41) is 14.2. The summed E-state index contributed by atoms with van der Waals surface area (Å²) < 4.78 is 0. The number of hydrogen-bond acceptors (Lipinski definition) is 2. The molecule has 0 fully saturated rings. The van der Waals surface area contributed by atoms with Crippen molar-refractivity contribution in [2.45, 2.75) is 18.9 Å². The normalized spacial score (nSPS) is 11.8. The molecule has 0 bridgehead atoms. The molecule has 3 rings (SSSR count). The maximum absolute atomic E-state index is 12.2. The molecule has 0 saturated carbocycles. The summed E-state index contributed by atoms with van der Waals surface area (Å²) in [6, 6.07) is 22.0. The van der Waals surface area contributed by atoms with Gasteiger partial charge in [0.2, 0.25) is 5.91 Å². The number of carboxylic acids is 1. The number of rotatable bonds is 6. The molecule has 0 radical (unpaired) electrons. The van der Waals surface area contributed by atoms with Gasteiger partial charge in [0.05, 0.1) is 6.42 Å². The van der Waals surface area contributed by atoms with Gasteiger partial charge in [-0.3, -0.25) is 4.79 Å². The molecule has 0 unspecified atom stereocenters. The first-order valence-corrected chi connectivity index (χ1v) is 8.16. The van der Waals surface area contributed by atoms with Crippen LogP contribution in [0.5, 0.6) is 0 Å². The summed E-state index contributed by atoms with van der Waals surface area (Å²) >= 11 is 0. The highest BCUT2D eigenvalue weighted by Gasteiger charge is 2.21. The van der Waals surface area contributed by atoms with Gasteiger partial charge in [-0.15, -0.1) is 0 Å². The van der Waals surface area contributed by atoms with Gasteiger partial charge < -0.3 is 10.4 Å². The van der Waals surface area contributed by atoms with Crippen molar-refractivity contribution in [1.29, 1.82) is 0 Å².